The van der Waals surface area contributed by atoms with Crippen molar-refractivity contribution >= 4 is 19.4 Å². The molecule has 0 amide bonds. The van der Waals surface area contributed by atoms with E-state index in [9.17, 15) is 14.2 Å². The molecule has 13 heavy (non-hydrogen) atoms. The number of Topliss-reactive ketones (excluding diaryl/α,β-unsaturated/α-hetero) is 1. The number of hydrogen-bond acceptors (Lipinski definition) is 6. The summed E-state index contributed by atoms with van der Waals surface area (Å²) in [5.41, 5.74) is 0. The quantitative estimate of drug-likeness (QED) is 0.416. The first-order valence-corrected chi connectivity index (χ1v) is 4.79. The number of rotatable bonds is 0. The molecule has 3 rings (SSSR count). The molecule has 66 valence electrons. The molecule has 1 aliphatic carbocycles. The molecule has 0 aromatic rings. The van der Waals surface area contributed by atoms with Gasteiger partial charge in [-0.25, -0.2) is 0 Å². The van der Waals surface area contributed by atoms with Crippen molar-refractivity contribution in [1.29, 1.82) is 0 Å². The van der Waals surface area contributed by atoms with Crippen molar-refractivity contribution in [3.63, 3.8) is 0 Å². The molecule has 1 atom stereocenters. The summed E-state index contributed by atoms with van der Waals surface area (Å²) in [6.07, 6.45) is 0.948. The second-order valence-corrected chi connectivity index (χ2v) is 4.02. The van der Waals surface area contributed by atoms with Gasteiger partial charge in [0.1, 0.15) is 0 Å². The van der Waals surface area contributed by atoms with E-state index < -0.39 is 19.4 Å². The predicted molar refractivity (Wildman–Crippen MR) is 36.0 cm³/mol. The van der Waals surface area contributed by atoms with Crippen LogP contribution in [-0.2, 0) is 27.7 Å². The van der Waals surface area contributed by atoms with Crippen LogP contribution >= 0.6 is 7.82 Å². The van der Waals surface area contributed by atoms with Crippen molar-refractivity contribution in [3.05, 3.63) is 23.4 Å². The number of carbonyl (C=O) groups excluding carboxylic acids is 2. The van der Waals surface area contributed by atoms with Crippen LogP contribution in [0, 0.1) is 0 Å². The first-order valence-electron chi connectivity index (χ1n) is 3.33. The summed E-state index contributed by atoms with van der Waals surface area (Å²) < 4.78 is 25.1. The van der Waals surface area contributed by atoms with Gasteiger partial charge in [-0.1, -0.05) is 0 Å². The summed E-state index contributed by atoms with van der Waals surface area (Å²) >= 11 is 0. The highest BCUT2D eigenvalue weighted by Gasteiger charge is 2.56. The molecule has 3 aliphatic rings. The highest BCUT2D eigenvalue weighted by molar-refractivity contribution is 7.49. The molecule has 0 radical (unpaired) electrons. The van der Waals surface area contributed by atoms with Crippen LogP contribution in [0.4, 0.5) is 0 Å². The molecule has 0 saturated carbocycles. The van der Waals surface area contributed by atoms with Crippen LogP contribution in [0.5, 0.6) is 0 Å². The third-order valence-corrected chi connectivity index (χ3v) is 2.97. The fourth-order valence-corrected chi connectivity index (χ4v) is 2.49. The van der Waals surface area contributed by atoms with Gasteiger partial charge in [0.2, 0.25) is 17.3 Å². The zero-order chi connectivity index (χ0) is 9.22. The third-order valence-electron chi connectivity index (χ3n) is 1.74. The lowest BCUT2D eigenvalue weighted by Crippen LogP contribution is -2.19. The van der Waals surface area contributed by atoms with E-state index in [1.165, 1.54) is 0 Å². The second-order valence-electron chi connectivity index (χ2n) is 2.58. The van der Waals surface area contributed by atoms with E-state index in [-0.39, 0.29) is 17.3 Å². The first-order chi connectivity index (χ1) is 6.09. The van der Waals surface area contributed by atoms with E-state index in [1.807, 2.05) is 0 Å². The maximum absolute atomic E-state index is 11.3. The molecule has 0 aromatic heterocycles. The minimum absolute atomic E-state index is 0.268. The first kappa shape index (κ1) is 6.91. The van der Waals surface area contributed by atoms with E-state index in [2.05, 4.69) is 13.6 Å². The Morgan fingerprint density at radius 2 is 1.77 bits per heavy atom. The van der Waals surface area contributed by atoms with Crippen molar-refractivity contribution in [1.82, 2.24) is 0 Å². The monoisotopic (exact) mass is 200 g/mol. The van der Waals surface area contributed by atoms with Crippen molar-refractivity contribution in [2.24, 2.45) is 0 Å². The topological polar surface area (TPSA) is 78.9 Å². The summed E-state index contributed by atoms with van der Waals surface area (Å²) in [6.45, 7) is 0. The van der Waals surface area contributed by atoms with Crippen LogP contribution in [0.15, 0.2) is 23.4 Å². The average molecular weight is 200 g/mol. The lowest BCUT2D eigenvalue weighted by Gasteiger charge is -2.16. The zero-order valence-corrected chi connectivity index (χ0v) is 6.87. The predicted octanol–water partition coefficient (Wildman–Crippen LogP) is 0.419. The fourth-order valence-electron chi connectivity index (χ4n) is 1.21. The Labute approximate surface area is 71.4 Å². The SMILES string of the molecule is O=C1C=C2OP3(=O)OC1=C(O3)C2=O. The lowest BCUT2D eigenvalue weighted by molar-refractivity contribution is -0.120. The number of allylic oxidation sites excluding steroid dienone is 1. The van der Waals surface area contributed by atoms with Gasteiger partial charge >= 0.3 is 7.82 Å². The number of carbonyl (C=O) groups is 2. The summed E-state index contributed by atoms with van der Waals surface area (Å²) in [6, 6.07) is 0. The van der Waals surface area contributed by atoms with E-state index in [0.29, 0.717) is 0 Å². The molecular weight excluding hydrogens is 199 g/mol. The fraction of sp³-hybridized carbons (Fsp3) is 0. The van der Waals surface area contributed by atoms with Gasteiger partial charge in [-0.2, -0.15) is 4.57 Å². The Morgan fingerprint density at radius 3 is 2.54 bits per heavy atom. The molecule has 2 aliphatic heterocycles. The van der Waals surface area contributed by atoms with E-state index >= 15 is 0 Å². The van der Waals surface area contributed by atoms with Gasteiger partial charge in [0.05, 0.1) is 0 Å². The number of hydrogen-bond donors (Lipinski definition) is 0. The number of ketones is 2. The molecule has 0 aromatic carbocycles. The summed E-state index contributed by atoms with van der Waals surface area (Å²) in [5.74, 6) is -2.03. The summed E-state index contributed by atoms with van der Waals surface area (Å²) in [5, 5.41) is 0. The van der Waals surface area contributed by atoms with Crippen molar-refractivity contribution in [3.8, 4) is 0 Å². The van der Waals surface area contributed by atoms with E-state index in [0.717, 1.165) is 6.08 Å². The molecule has 0 spiro atoms. The Hall–Kier alpha value is -1.55. The molecule has 0 N–H and O–H groups in total. The second kappa shape index (κ2) is 1.70. The van der Waals surface area contributed by atoms with Crippen LogP contribution in [-0.4, -0.2) is 11.6 Å². The molecule has 6 nitrogen and oxygen atoms in total. The Balaban J connectivity index is 2.33. The molecule has 1 unspecified atom stereocenters. The largest absolute Gasteiger partial charge is 0.647 e. The summed E-state index contributed by atoms with van der Waals surface area (Å²) in [7, 11) is -3.73. The minimum Gasteiger partial charge on any atom is -0.381 e. The standard InChI is InChI=1S/C6HO6P/c7-2-1-3-4(8)6-5(2)11-13(9,10-3)12-6/h1H. The van der Waals surface area contributed by atoms with Gasteiger partial charge in [0.25, 0.3) is 5.78 Å². The average Bonchev–Trinajstić information content (AvgIpc) is 2.28. The minimum atomic E-state index is -3.73. The molecule has 1 fully saturated rings. The molecule has 7 heteroatoms. The normalized spacial score (nSPS) is 34.0. The van der Waals surface area contributed by atoms with Gasteiger partial charge in [-0.05, 0) is 0 Å². The Kier molecular flexibility index (Phi) is 0.902. The van der Waals surface area contributed by atoms with Crippen molar-refractivity contribution < 1.29 is 27.7 Å². The molecular formula is C6HO6P. The molecule has 2 heterocycles. The molecule has 1 saturated heterocycles. The van der Waals surface area contributed by atoms with Crippen molar-refractivity contribution in [2.45, 2.75) is 0 Å². The van der Waals surface area contributed by atoms with Gasteiger partial charge in [-0.3, -0.25) is 9.59 Å². The highest BCUT2D eigenvalue weighted by Crippen LogP contribution is 2.64. The zero-order valence-electron chi connectivity index (χ0n) is 5.97. The molecule has 3 bridgehead atoms. The van der Waals surface area contributed by atoms with E-state index in [1.54, 1.807) is 0 Å². The maximum atomic E-state index is 11.3. The number of fused-ring (bicyclic) bond motifs is 2. The van der Waals surface area contributed by atoms with Crippen LogP contribution in [0.1, 0.15) is 0 Å². The third kappa shape index (κ3) is 0.667. The maximum Gasteiger partial charge on any atom is 0.647 e. The summed E-state index contributed by atoms with van der Waals surface area (Å²) in [4.78, 5) is 22.3. The van der Waals surface area contributed by atoms with Gasteiger partial charge < -0.3 is 13.6 Å². The van der Waals surface area contributed by atoms with Gasteiger partial charge in [-0.15, -0.1) is 0 Å². The van der Waals surface area contributed by atoms with Crippen LogP contribution in [0.3, 0.4) is 0 Å². The van der Waals surface area contributed by atoms with Crippen LogP contribution in [0.2, 0.25) is 0 Å². The van der Waals surface area contributed by atoms with Crippen LogP contribution < -0.4 is 0 Å². The van der Waals surface area contributed by atoms with Gasteiger partial charge in [0, 0.05) is 6.08 Å². The number of phosphoric ester groups is 1. The number of phosphoric acid groups is 1. The van der Waals surface area contributed by atoms with E-state index in [4.69, 9.17) is 0 Å². The Morgan fingerprint density at radius 1 is 1.08 bits per heavy atom. The smallest absolute Gasteiger partial charge is 0.381 e. The van der Waals surface area contributed by atoms with Crippen LogP contribution in [0.25, 0.3) is 0 Å². The lowest BCUT2D eigenvalue weighted by atomic mass is 10.1. The highest BCUT2D eigenvalue weighted by atomic mass is 31.2. The van der Waals surface area contributed by atoms with Crippen molar-refractivity contribution in [2.75, 3.05) is 0 Å². The van der Waals surface area contributed by atoms with Gasteiger partial charge in [0.15, 0.2) is 5.76 Å². The Bertz CT molecular complexity index is 464.